The van der Waals surface area contributed by atoms with Crippen molar-refractivity contribution in [2.45, 2.75) is 18.9 Å². The highest BCUT2D eigenvalue weighted by molar-refractivity contribution is 5.97. The normalized spacial score (nSPS) is 17.5. The van der Waals surface area contributed by atoms with Gasteiger partial charge in [0.1, 0.15) is 11.6 Å². The molecule has 0 radical (unpaired) electrons. The van der Waals surface area contributed by atoms with Gasteiger partial charge in [0, 0.05) is 6.54 Å². The summed E-state index contributed by atoms with van der Waals surface area (Å²) in [5.41, 5.74) is 1.40. The van der Waals surface area contributed by atoms with E-state index in [0.29, 0.717) is 17.9 Å². The van der Waals surface area contributed by atoms with E-state index >= 15 is 0 Å². The number of benzene rings is 2. The Morgan fingerprint density at radius 2 is 2.05 bits per heavy atom. The molecule has 1 atom stereocenters. The highest BCUT2D eigenvalue weighted by atomic mass is 19.1. The van der Waals surface area contributed by atoms with Crippen molar-refractivity contribution < 1.29 is 13.9 Å². The Labute approximate surface area is 129 Å². The molecular formula is C18H18FNO2. The fraction of sp³-hybridized carbons (Fsp3) is 0.278. The molecule has 0 aromatic heterocycles. The quantitative estimate of drug-likeness (QED) is 0.862. The van der Waals surface area contributed by atoms with Crippen molar-refractivity contribution in [3.05, 3.63) is 65.5 Å². The summed E-state index contributed by atoms with van der Waals surface area (Å²) in [6.07, 6.45) is 1.77. The molecule has 22 heavy (non-hydrogen) atoms. The number of likely N-dealkylation sites (tertiary alicyclic amines) is 1. The van der Waals surface area contributed by atoms with Crippen LogP contribution in [0.2, 0.25) is 0 Å². The number of nitrogens with zero attached hydrogens (tertiary/aromatic N) is 1. The van der Waals surface area contributed by atoms with Crippen LogP contribution >= 0.6 is 0 Å². The van der Waals surface area contributed by atoms with Crippen LogP contribution in [-0.4, -0.2) is 24.5 Å². The van der Waals surface area contributed by atoms with Gasteiger partial charge in [0.15, 0.2) is 0 Å². The summed E-state index contributed by atoms with van der Waals surface area (Å²) in [5, 5.41) is 0. The summed E-state index contributed by atoms with van der Waals surface area (Å²) in [6.45, 7) is 0.679. The number of rotatable bonds is 3. The van der Waals surface area contributed by atoms with Crippen LogP contribution in [0.25, 0.3) is 0 Å². The molecule has 1 aliphatic heterocycles. The number of carbonyl (C=O) groups excluding carboxylic acids is 1. The number of para-hydroxylation sites is 1. The number of hydrogen-bond donors (Lipinski definition) is 0. The summed E-state index contributed by atoms with van der Waals surface area (Å²) in [6, 6.07) is 13.6. The largest absolute Gasteiger partial charge is 0.496 e. The first-order valence-electron chi connectivity index (χ1n) is 7.40. The average molecular weight is 299 g/mol. The van der Waals surface area contributed by atoms with Crippen LogP contribution in [0.1, 0.15) is 34.8 Å². The summed E-state index contributed by atoms with van der Waals surface area (Å²) < 4.78 is 18.7. The van der Waals surface area contributed by atoms with Gasteiger partial charge in [-0.2, -0.15) is 0 Å². The molecule has 0 spiro atoms. The molecule has 4 heteroatoms. The first-order chi connectivity index (χ1) is 10.7. The lowest BCUT2D eigenvalue weighted by Gasteiger charge is -2.26. The Morgan fingerprint density at radius 1 is 1.23 bits per heavy atom. The zero-order valence-corrected chi connectivity index (χ0v) is 12.5. The van der Waals surface area contributed by atoms with Gasteiger partial charge in [0.25, 0.3) is 5.91 Å². The van der Waals surface area contributed by atoms with Crippen LogP contribution in [0.5, 0.6) is 5.75 Å². The SMILES string of the molecule is COc1ccccc1C(=O)N1CCC[C@@H]1c1cccc(F)c1. The maximum absolute atomic E-state index is 13.5. The van der Waals surface area contributed by atoms with Crippen LogP contribution in [-0.2, 0) is 0 Å². The Kier molecular flexibility index (Phi) is 4.09. The number of carbonyl (C=O) groups is 1. The lowest BCUT2D eigenvalue weighted by Crippen LogP contribution is -2.30. The molecule has 114 valence electrons. The number of halogens is 1. The van der Waals surface area contributed by atoms with Gasteiger partial charge in [-0.15, -0.1) is 0 Å². The molecule has 1 aliphatic rings. The van der Waals surface area contributed by atoms with E-state index in [0.717, 1.165) is 18.4 Å². The highest BCUT2D eigenvalue weighted by Crippen LogP contribution is 2.34. The molecule has 0 N–H and O–H groups in total. The predicted molar refractivity (Wildman–Crippen MR) is 82.4 cm³/mol. The standard InChI is InChI=1S/C18H18FNO2/c1-22-17-10-3-2-8-15(17)18(21)20-11-5-9-16(20)13-6-4-7-14(19)12-13/h2-4,6-8,10,12,16H,5,9,11H2,1H3/t16-/m1/s1. The van der Waals surface area contributed by atoms with Gasteiger partial charge in [0.2, 0.25) is 0 Å². The predicted octanol–water partition coefficient (Wildman–Crippen LogP) is 3.81. The number of amides is 1. The second-order valence-corrected chi connectivity index (χ2v) is 5.41. The third-order valence-corrected chi connectivity index (χ3v) is 4.08. The zero-order chi connectivity index (χ0) is 15.5. The Morgan fingerprint density at radius 3 is 2.82 bits per heavy atom. The molecule has 0 saturated carbocycles. The van der Waals surface area contributed by atoms with Gasteiger partial charge in [-0.05, 0) is 42.7 Å². The lowest BCUT2D eigenvalue weighted by molar-refractivity contribution is 0.0732. The van der Waals surface area contributed by atoms with Crippen molar-refractivity contribution in [1.82, 2.24) is 4.90 Å². The van der Waals surface area contributed by atoms with Crippen LogP contribution in [0, 0.1) is 5.82 Å². The fourth-order valence-corrected chi connectivity index (χ4v) is 3.05. The second kappa shape index (κ2) is 6.18. The monoisotopic (exact) mass is 299 g/mol. The minimum atomic E-state index is -0.269. The zero-order valence-electron chi connectivity index (χ0n) is 12.5. The van der Waals surface area contributed by atoms with Crippen molar-refractivity contribution in [3.8, 4) is 5.75 Å². The maximum atomic E-state index is 13.5. The Balaban J connectivity index is 1.91. The van der Waals surface area contributed by atoms with Crippen LogP contribution in [0.4, 0.5) is 4.39 Å². The number of methoxy groups -OCH3 is 1. The van der Waals surface area contributed by atoms with Crippen LogP contribution < -0.4 is 4.74 Å². The van der Waals surface area contributed by atoms with E-state index in [1.165, 1.54) is 12.1 Å². The lowest BCUT2D eigenvalue weighted by atomic mass is 10.0. The number of hydrogen-bond acceptors (Lipinski definition) is 2. The number of ether oxygens (including phenoxy) is 1. The summed E-state index contributed by atoms with van der Waals surface area (Å²) >= 11 is 0. The van der Waals surface area contributed by atoms with E-state index in [-0.39, 0.29) is 17.8 Å². The minimum Gasteiger partial charge on any atom is -0.496 e. The minimum absolute atomic E-state index is 0.0655. The average Bonchev–Trinajstić information content (AvgIpc) is 3.03. The summed E-state index contributed by atoms with van der Waals surface area (Å²) in [7, 11) is 1.56. The molecule has 0 bridgehead atoms. The molecule has 3 rings (SSSR count). The van der Waals surface area contributed by atoms with Gasteiger partial charge in [0.05, 0.1) is 18.7 Å². The molecule has 1 saturated heterocycles. The summed E-state index contributed by atoms with van der Waals surface area (Å²) in [5.74, 6) is 0.232. The van der Waals surface area contributed by atoms with Gasteiger partial charge in [-0.3, -0.25) is 4.79 Å². The molecule has 0 aliphatic carbocycles. The Bertz CT molecular complexity index is 686. The van der Waals surface area contributed by atoms with E-state index in [9.17, 15) is 9.18 Å². The molecule has 2 aromatic rings. The van der Waals surface area contributed by atoms with Gasteiger partial charge >= 0.3 is 0 Å². The molecule has 1 fully saturated rings. The van der Waals surface area contributed by atoms with Crippen LogP contribution in [0.15, 0.2) is 48.5 Å². The van der Waals surface area contributed by atoms with Gasteiger partial charge in [-0.25, -0.2) is 4.39 Å². The van der Waals surface area contributed by atoms with E-state index in [1.807, 2.05) is 23.1 Å². The molecule has 3 nitrogen and oxygen atoms in total. The third kappa shape index (κ3) is 2.69. The smallest absolute Gasteiger partial charge is 0.258 e. The summed E-state index contributed by atoms with van der Waals surface area (Å²) in [4.78, 5) is 14.7. The van der Waals surface area contributed by atoms with Crippen molar-refractivity contribution >= 4 is 5.91 Å². The molecular weight excluding hydrogens is 281 g/mol. The topological polar surface area (TPSA) is 29.5 Å². The third-order valence-electron chi connectivity index (χ3n) is 4.08. The highest BCUT2D eigenvalue weighted by Gasteiger charge is 2.31. The van der Waals surface area contributed by atoms with Crippen molar-refractivity contribution in [3.63, 3.8) is 0 Å². The van der Waals surface area contributed by atoms with E-state index < -0.39 is 0 Å². The molecule has 1 heterocycles. The molecule has 0 unspecified atom stereocenters. The Hall–Kier alpha value is -2.36. The first-order valence-corrected chi connectivity index (χ1v) is 7.40. The molecule has 2 aromatic carbocycles. The van der Waals surface area contributed by atoms with Gasteiger partial charge < -0.3 is 9.64 Å². The van der Waals surface area contributed by atoms with Crippen molar-refractivity contribution in [1.29, 1.82) is 0 Å². The van der Waals surface area contributed by atoms with E-state index in [4.69, 9.17) is 4.74 Å². The second-order valence-electron chi connectivity index (χ2n) is 5.41. The van der Waals surface area contributed by atoms with Gasteiger partial charge in [-0.1, -0.05) is 24.3 Å². The van der Waals surface area contributed by atoms with E-state index in [1.54, 1.807) is 25.3 Å². The van der Waals surface area contributed by atoms with Crippen molar-refractivity contribution in [2.75, 3.05) is 13.7 Å². The van der Waals surface area contributed by atoms with Crippen molar-refractivity contribution in [2.24, 2.45) is 0 Å². The maximum Gasteiger partial charge on any atom is 0.258 e. The van der Waals surface area contributed by atoms with E-state index in [2.05, 4.69) is 0 Å². The fourth-order valence-electron chi connectivity index (χ4n) is 3.05. The van der Waals surface area contributed by atoms with Crippen LogP contribution in [0.3, 0.4) is 0 Å². The first kappa shape index (κ1) is 14.6. The molecule has 1 amide bonds.